The SMILES string of the molecule is C[C@@H]1CC[C@@]2(CCC(=O)O2)[C@@]1(C)C/C=C1\C[C@H](c2ccc(C(C)(C)C)o2)CC2=CC(=O)CC[C@@]21C. The highest BCUT2D eigenvalue weighted by atomic mass is 16.6. The second-order valence-electron chi connectivity index (χ2n) is 13.3. The van der Waals surface area contributed by atoms with E-state index in [9.17, 15) is 9.59 Å². The predicted octanol–water partition coefficient (Wildman–Crippen LogP) is 7.58. The maximum Gasteiger partial charge on any atom is 0.306 e. The highest BCUT2D eigenvalue weighted by Crippen LogP contribution is 2.60. The number of allylic oxidation sites excluding steroid dienone is 4. The molecule has 3 fully saturated rings. The first kappa shape index (κ1) is 24.6. The minimum atomic E-state index is -0.320. The molecular weight excluding hydrogens is 436 g/mol. The molecule has 5 rings (SSSR count). The fourth-order valence-electron chi connectivity index (χ4n) is 7.35. The van der Waals surface area contributed by atoms with Gasteiger partial charge in [-0.05, 0) is 69.1 Å². The number of carbonyl (C=O) groups is 2. The fraction of sp³-hybridized carbons (Fsp3) is 0.677. The summed E-state index contributed by atoms with van der Waals surface area (Å²) in [5, 5.41) is 0. The minimum Gasteiger partial charge on any atom is -0.465 e. The molecule has 1 spiro atoms. The first-order valence-electron chi connectivity index (χ1n) is 13.6. The van der Waals surface area contributed by atoms with Crippen molar-refractivity contribution in [1.82, 2.24) is 0 Å². The summed E-state index contributed by atoms with van der Waals surface area (Å²) < 4.78 is 12.4. The van der Waals surface area contributed by atoms with E-state index in [-0.39, 0.29) is 39.5 Å². The van der Waals surface area contributed by atoms with Crippen molar-refractivity contribution in [2.24, 2.45) is 16.7 Å². The van der Waals surface area contributed by atoms with E-state index in [1.165, 1.54) is 11.1 Å². The molecule has 0 amide bonds. The summed E-state index contributed by atoms with van der Waals surface area (Å²) >= 11 is 0. The molecule has 4 heteroatoms. The first-order valence-corrected chi connectivity index (χ1v) is 13.6. The molecule has 3 aliphatic carbocycles. The third kappa shape index (κ3) is 3.96. The van der Waals surface area contributed by atoms with Crippen molar-refractivity contribution in [3.05, 3.63) is 47.0 Å². The molecule has 1 aliphatic heterocycles. The lowest BCUT2D eigenvalue weighted by Crippen LogP contribution is -2.44. The number of ketones is 1. The fourth-order valence-corrected chi connectivity index (χ4v) is 7.35. The van der Waals surface area contributed by atoms with Crippen LogP contribution in [0.3, 0.4) is 0 Å². The molecule has 0 N–H and O–H groups in total. The summed E-state index contributed by atoms with van der Waals surface area (Å²) in [5.74, 6) is 3.00. The lowest BCUT2D eigenvalue weighted by molar-refractivity contribution is -0.158. The summed E-state index contributed by atoms with van der Waals surface area (Å²) in [4.78, 5) is 24.6. The van der Waals surface area contributed by atoms with Crippen LogP contribution in [0.4, 0.5) is 0 Å². The monoisotopic (exact) mass is 478 g/mol. The molecule has 1 aromatic heterocycles. The molecule has 2 saturated carbocycles. The van der Waals surface area contributed by atoms with Gasteiger partial charge >= 0.3 is 5.97 Å². The van der Waals surface area contributed by atoms with Crippen molar-refractivity contribution in [3.63, 3.8) is 0 Å². The number of hydrogen-bond donors (Lipinski definition) is 0. The van der Waals surface area contributed by atoms with Crippen LogP contribution in [-0.4, -0.2) is 17.4 Å². The van der Waals surface area contributed by atoms with Gasteiger partial charge in [0.2, 0.25) is 0 Å². The first-order chi connectivity index (χ1) is 16.4. The van der Waals surface area contributed by atoms with E-state index < -0.39 is 0 Å². The maximum absolute atomic E-state index is 12.4. The van der Waals surface area contributed by atoms with Crippen LogP contribution >= 0.6 is 0 Å². The molecule has 0 aromatic carbocycles. The van der Waals surface area contributed by atoms with Crippen molar-refractivity contribution >= 4 is 11.8 Å². The van der Waals surface area contributed by atoms with Gasteiger partial charge in [0.25, 0.3) is 0 Å². The summed E-state index contributed by atoms with van der Waals surface area (Å²) in [5.41, 5.74) is 2.22. The minimum absolute atomic E-state index is 0.0274. The van der Waals surface area contributed by atoms with Crippen LogP contribution in [0, 0.1) is 16.7 Å². The van der Waals surface area contributed by atoms with Crippen LogP contribution in [0.25, 0.3) is 0 Å². The van der Waals surface area contributed by atoms with E-state index >= 15 is 0 Å². The van der Waals surface area contributed by atoms with Gasteiger partial charge in [0, 0.05) is 35.0 Å². The second-order valence-corrected chi connectivity index (χ2v) is 13.3. The zero-order valence-corrected chi connectivity index (χ0v) is 22.5. The summed E-state index contributed by atoms with van der Waals surface area (Å²) in [6.07, 6.45) is 12.1. The van der Waals surface area contributed by atoms with E-state index in [0.29, 0.717) is 18.8 Å². The molecule has 1 saturated heterocycles. The number of ether oxygens (including phenoxy) is 1. The Morgan fingerprint density at radius 3 is 2.49 bits per heavy atom. The molecule has 2 heterocycles. The quantitative estimate of drug-likeness (QED) is 0.332. The Hall–Kier alpha value is -2.10. The summed E-state index contributed by atoms with van der Waals surface area (Å²) in [7, 11) is 0. The van der Waals surface area contributed by atoms with Crippen LogP contribution in [-0.2, 0) is 19.7 Å². The zero-order valence-electron chi connectivity index (χ0n) is 22.5. The molecule has 0 bridgehead atoms. The topological polar surface area (TPSA) is 56.5 Å². The van der Waals surface area contributed by atoms with E-state index in [4.69, 9.17) is 9.15 Å². The number of furan rings is 1. The van der Waals surface area contributed by atoms with Gasteiger partial charge in [-0.2, -0.15) is 0 Å². The van der Waals surface area contributed by atoms with Crippen molar-refractivity contribution < 1.29 is 18.7 Å². The third-order valence-corrected chi connectivity index (χ3v) is 10.2. The van der Waals surface area contributed by atoms with E-state index in [1.54, 1.807) is 0 Å². The smallest absolute Gasteiger partial charge is 0.306 e. The van der Waals surface area contributed by atoms with E-state index in [1.807, 2.05) is 6.08 Å². The van der Waals surface area contributed by atoms with Gasteiger partial charge in [0.15, 0.2) is 5.78 Å². The van der Waals surface area contributed by atoms with Gasteiger partial charge in [-0.1, -0.05) is 58.8 Å². The average molecular weight is 479 g/mol. The van der Waals surface area contributed by atoms with Crippen LogP contribution < -0.4 is 0 Å². The number of rotatable bonds is 3. The molecule has 0 unspecified atom stereocenters. The van der Waals surface area contributed by atoms with Gasteiger partial charge < -0.3 is 9.15 Å². The van der Waals surface area contributed by atoms with Gasteiger partial charge in [-0.25, -0.2) is 0 Å². The maximum atomic E-state index is 12.4. The highest BCUT2D eigenvalue weighted by molar-refractivity contribution is 5.92. The molecule has 35 heavy (non-hydrogen) atoms. The lowest BCUT2D eigenvalue weighted by Gasteiger charge is -2.46. The van der Waals surface area contributed by atoms with Crippen molar-refractivity contribution in [1.29, 1.82) is 0 Å². The van der Waals surface area contributed by atoms with Gasteiger partial charge in [0.05, 0.1) is 0 Å². The Morgan fingerprint density at radius 1 is 1.06 bits per heavy atom. The number of carbonyl (C=O) groups excluding carboxylic acids is 2. The third-order valence-electron chi connectivity index (χ3n) is 10.2. The molecule has 4 aliphatic rings. The van der Waals surface area contributed by atoms with Crippen LogP contribution in [0.1, 0.15) is 117 Å². The predicted molar refractivity (Wildman–Crippen MR) is 137 cm³/mol. The van der Waals surface area contributed by atoms with Gasteiger partial charge in [0.1, 0.15) is 17.1 Å². The van der Waals surface area contributed by atoms with Crippen LogP contribution in [0.15, 0.2) is 39.8 Å². The molecule has 190 valence electrons. The Labute approximate surface area is 210 Å². The Balaban J connectivity index is 1.49. The van der Waals surface area contributed by atoms with Crippen molar-refractivity contribution in [2.45, 2.75) is 116 Å². The summed E-state index contributed by atoms with van der Waals surface area (Å²) in [6.45, 7) is 13.5. The molecule has 1 aromatic rings. The normalized spacial score (nSPS) is 38.7. The number of fused-ring (bicyclic) bond motifs is 1. The van der Waals surface area contributed by atoms with E-state index in [2.05, 4.69) is 59.8 Å². The highest BCUT2D eigenvalue weighted by Gasteiger charge is 2.60. The van der Waals surface area contributed by atoms with Crippen LogP contribution in [0.2, 0.25) is 0 Å². The molecular formula is C31H42O4. The van der Waals surface area contributed by atoms with Gasteiger partial charge in [-0.15, -0.1) is 0 Å². The number of esters is 1. The van der Waals surface area contributed by atoms with E-state index in [0.717, 1.165) is 56.5 Å². The second kappa shape index (κ2) is 8.21. The lowest BCUT2D eigenvalue weighted by atomic mass is 9.59. The average Bonchev–Trinajstić information content (AvgIpc) is 3.49. The Morgan fingerprint density at radius 2 is 1.83 bits per heavy atom. The van der Waals surface area contributed by atoms with Gasteiger partial charge in [-0.3, -0.25) is 9.59 Å². The number of hydrogen-bond acceptors (Lipinski definition) is 4. The summed E-state index contributed by atoms with van der Waals surface area (Å²) in [6, 6.07) is 4.26. The van der Waals surface area contributed by atoms with Crippen molar-refractivity contribution in [2.75, 3.05) is 0 Å². The largest absolute Gasteiger partial charge is 0.465 e. The van der Waals surface area contributed by atoms with Crippen LogP contribution in [0.5, 0.6) is 0 Å². The Kier molecular flexibility index (Phi) is 5.77. The molecule has 5 atom stereocenters. The Bertz CT molecular complexity index is 1100. The molecule has 0 radical (unpaired) electrons. The van der Waals surface area contributed by atoms with Crippen molar-refractivity contribution in [3.8, 4) is 0 Å². The standard InChI is InChI=1S/C31H42O4/c1-20-9-15-31(16-12-27(33)35-31)30(20,6)14-10-22-17-21(25-7-8-26(34-25)28(2,3)4)18-23-19-24(32)11-13-29(22,23)5/h7-8,10,19-21H,9,11-18H2,1-6H3/b22-10+/t20-,21+,29-,30+,31-/m1/s1. The zero-order chi connectivity index (χ0) is 25.2. The molecule has 4 nitrogen and oxygen atoms in total.